The molecule has 0 aliphatic heterocycles. The molecule has 0 bridgehead atoms. The van der Waals surface area contributed by atoms with E-state index in [9.17, 15) is 4.79 Å². The lowest BCUT2D eigenvalue weighted by Gasteiger charge is -2.28. The minimum Gasteiger partial charge on any atom is -0.459 e. The van der Waals surface area contributed by atoms with Crippen LogP contribution < -0.4 is 0 Å². The Labute approximate surface area is 203 Å². The van der Waals surface area contributed by atoms with Gasteiger partial charge in [0.15, 0.2) is 0 Å². The van der Waals surface area contributed by atoms with Crippen LogP contribution in [0.5, 0.6) is 0 Å². The Bertz CT molecular complexity index is 709. The third-order valence-electron chi connectivity index (χ3n) is 8.01. The van der Waals surface area contributed by atoms with Crippen LogP contribution in [-0.4, -0.2) is 12.1 Å². The maximum Gasteiger partial charge on any atom is 0.338 e. The van der Waals surface area contributed by atoms with E-state index in [0.717, 1.165) is 24.7 Å². The van der Waals surface area contributed by atoms with Crippen molar-refractivity contribution in [1.82, 2.24) is 0 Å². The Kier molecular flexibility index (Phi) is 11.6. The van der Waals surface area contributed by atoms with Gasteiger partial charge in [0.2, 0.25) is 0 Å². The summed E-state index contributed by atoms with van der Waals surface area (Å²) in [5.74, 6) is 1.57. The second kappa shape index (κ2) is 14.6. The lowest BCUT2D eigenvalue weighted by atomic mass is 9.83. The molecule has 1 atom stereocenters. The summed E-state index contributed by atoms with van der Waals surface area (Å²) >= 11 is 0. The van der Waals surface area contributed by atoms with Crippen LogP contribution in [0.4, 0.5) is 0 Å². The van der Waals surface area contributed by atoms with Crippen molar-refractivity contribution in [1.29, 1.82) is 0 Å². The van der Waals surface area contributed by atoms with E-state index in [0.29, 0.717) is 5.56 Å². The molecule has 2 aliphatic rings. The molecule has 0 saturated heterocycles. The SMILES string of the molecule is CCCCCCCC1CC=C(c2ccc(C(=O)OC3CCC(CCCCC)CC3)cc2)CC1. The number of ether oxygens (including phenoxy) is 1. The smallest absolute Gasteiger partial charge is 0.338 e. The minimum atomic E-state index is -0.142. The summed E-state index contributed by atoms with van der Waals surface area (Å²) in [6, 6.07) is 8.18. The number of hydrogen-bond acceptors (Lipinski definition) is 2. The first-order chi connectivity index (χ1) is 16.2. The average Bonchev–Trinajstić information content (AvgIpc) is 2.86. The van der Waals surface area contributed by atoms with Gasteiger partial charge in [0.25, 0.3) is 0 Å². The molecule has 0 heterocycles. The molecule has 1 aromatic rings. The van der Waals surface area contributed by atoms with E-state index < -0.39 is 0 Å². The average molecular weight is 453 g/mol. The second-order valence-corrected chi connectivity index (χ2v) is 10.7. The largest absolute Gasteiger partial charge is 0.459 e. The summed E-state index contributed by atoms with van der Waals surface area (Å²) in [7, 11) is 0. The number of benzene rings is 1. The highest BCUT2D eigenvalue weighted by atomic mass is 16.5. The van der Waals surface area contributed by atoms with E-state index >= 15 is 0 Å². The minimum absolute atomic E-state index is 0.111. The molecule has 1 aromatic carbocycles. The number of esters is 1. The molecule has 2 heteroatoms. The number of carbonyl (C=O) groups excluding carboxylic acids is 1. The number of allylic oxidation sites excluding steroid dienone is 2. The zero-order chi connectivity index (χ0) is 23.3. The molecule has 0 spiro atoms. The molecule has 33 heavy (non-hydrogen) atoms. The Balaban J connectivity index is 1.39. The first-order valence-electron chi connectivity index (χ1n) is 14.2. The van der Waals surface area contributed by atoms with Crippen LogP contribution >= 0.6 is 0 Å². The topological polar surface area (TPSA) is 26.3 Å². The Morgan fingerprint density at radius 2 is 1.42 bits per heavy atom. The highest BCUT2D eigenvalue weighted by Crippen LogP contribution is 2.33. The van der Waals surface area contributed by atoms with E-state index in [-0.39, 0.29) is 12.1 Å². The zero-order valence-corrected chi connectivity index (χ0v) is 21.5. The molecule has 184 valence electrons. The maximum absolute atomic E-state index is 12.7. The van der Waals surface area contributed by atoms with Crippen LogP contribution in [0.1, 0.15) is 139 Å². The van der Waals surface area contributed by atoms with Crippen LogP contribution in [0.2, 0.25) is 0 Å². The molecular weight excluding hydrogens is 404 g/mol. The van der Waals surface area contributed by atoms with Crippen molar-refractivity contribution >= 4 is 11.5 Å². The maximum atomic E-state index is 12.7. The summed E-state index contributed by atoms with van der Waals surface area (Å²) in [5.41, 5.74) is 3.43. The van der Waals surface area contributed by atoms with Gasteiger partial charge in [-0.15, -0.1) is 0 Å². The van der Waals surface area contributed by atoms with Crippen molar-refractivity contribution in [2.45, 2.75) is 129 Å². The molecule has 1 unspecified atom stereocenters. The third-order valence-corrected chi connectivity index (χ3v) is 8.01. The molecule has 0 N–H and O–H groups in total. The molecule has 0 amide bonds. The van der Waals surface area contributed by atoms with Crippen molar-refractivity contribution in [2.24, 2.45) is 11.8 Å². The predicted molar refractivity (Wildman–Crippen MR) is 140 cm³/mol. The van der Waals surface area contributed by atoms with Gasteiger partial charge in [-0.2, -0.15) is 0 Å². The van der Waals surface area contributed by atoms with E-state index in [1.54, 1.807) is 0 Å². The standard InChI is InChI=1S/C31H48O2/c1-3-5-7-8-10-12-25-13-17-27(18-14-25)28-19-21-29(22-20-28)31(32)33-30-23-15-26(16-24-30)11-9-6-4-2/h17,19-22,25-26,30H,3-16,18,23-24H2,1-2H3. The third kappa shape index (κ3) is 8.95. The molecule has 0 aromatic heterocycles. The van der Waals surface area contributed by atoms with Gasteiger partial charge in [-0.1, -0.05) is 96.3 Å². The molecular formula is C31H48O2. The van der Waals surface area contributed by atoms with Crippen LogP contribution in [0.25, 0.3) is 5.57 Å². The van der Waals surface area contributed by atoms with E-state index in [2.05, 4.69) is 32.1 Å². The van der Waals surface area contributed by atoms with Crippen molar-refractivity contribution < 1.29 is 9.53 Å². The Morgan fingerprint density at radius 1 is 0.788 bits per heavy atom. The van der Waals surface area contributed by atoms with Gasteiger partial charge in [0.05, 0.1) is 5.56 Å². The van der Waals surface area contributed by atoms with Gasteiger partial charge >= 0.3 is 5.97 Å². The summed E-state index contributed by atoms with van der Waals surface area (Å²) in [6.45, 7) is 4.55. The lowest BCUT2D eigenvalue weighted by Crippen LogP contribution is -2.24. The van der Waals surface area contributed by atoms with Gasteiger partial charge in [-0.3, -0.25) is 0 Å². The Morgan fingerprint density at radius 3 is 2.09 bits per heavy atom. The monoisotopic (exact) mass is 452 g/mol. The van der Waals surface area contributed by atoms with E-state index in [4.69, 9.17) is 4.74 Å². The van der Waals surface area contributed by atoms with Gasteiger partial charge in [0, 0.05) is 0 Å². The molecule has 2 aliphatic carbocycles. The van der Waals surface area contributed by atoms with E-state index in [1.165, 1.54) is 107 Å². The number of carbonyl (C=O) groups is 1. The number of hydrogen-bond donors (Lipinski definition) is 0. The van der Waals surface area contributed by atoms with Gasteiger partial charge in [-0.25, -0.2) is 4.79 Å². The first kappa shape index (κ1) is 26.0. The van der Waals surface area contributed by atoms with Crippen molar-refractivity contribution in [3.8, 4) is 0 Å². The van der Waals surface area contributed by atoms with Crippen molar-refractivity contribution in [2.75, 3.05) is 0 Å². The molecule has 1 fully saturated rings. The Hall–Kier alpha value is -1.57. The molecule has 1 saturated carbocycles. The van der Waals surface area contributed by atoms with Gasteiger partial charge in [0.1, 0.15) is 6.10 Å². The lowest BCUT2D eigenvalue weighted by molar-refractivity contribution is 0.0161. The zero-order valence-electron chi connectivity index (χ0n) is 21.5. The summed E-state index contributed by atoms with van der Waals surface area (Å²) in [4.78, 5) is 12.7. The fourth-order valence-electron chi connectivity index (χ4n) is 5.71. The highest BCUT2D eigenvalue weighted by molar-refractivity contribution is 5.90. The normalized spacial score (nSPS) is 23.2. The van der Waals surface area contributed by atoms with Crippen LogP contribution in [0, 0.1) is 11.8 Å². The van der Waals surface area contributed by atoms with Crippen LogP contribution in [0.15, 0.2) is 30.3 Å². The predicted octanol–water partition coefficient (Wildman–Crippen LogP) is 9.53. The number of rotatable bonds is 13. The molecule has 3 rings (SSSR count). The quantitative estimate of drug-likeness (QED) is 0.220. The summed E-state index contributed by atoms with van der Waals surface area (Å²) < 4.78 is 5.86. The van der Waals surface area contributed by atoms with Crippen LogP contribution in [0.3, 0.4) is 0 Å². The van der Waals surface area contributed by atoms with Crippen LogP contribution in [-0.2, 0) is 4.74 Å². The summed E-state index contributed by atoms with van der Waals surface area (Å²) in [6.07, 6.45) is 24.4. The fraction of sp³-hybridized carbons (Fsp3) is 0.710. The molecule has 2 nitrogen and oxygen atoms in total. The van der Waals surface area contributed by atoms with E-state index in [1.807, 2.05) is 12.1 Å². The molecule has 0 radical (unpaired) electrons. The summed E-state index contributed by atoms with van der Waals surface area (Å²) in [5, 5.41) is 0. The van der Waals surface area contributed by atoms with Gasteiger partial charge < -0.3 is 4.74 Å². The number of unbranched alkanes of at least 4 members (excludes halogenated alkanes) is 6. The highest BCUT2D eigenvalue weighted by Gasteiger charge is 2.24. The first-order valence-corrected chi connectivity index (χ1v) is 14.2. The van der Waals surface area contributed by atoms with Crippen molar-refractivity contribution in [3.05, 3.63) is 41.5 Å². The van der Waals surface area contributed by atoms with Gasteiger partial charge in [-0.05, 0) is 80.1 Å². The second-order valence-electron chi connectivity index (χ2n) is 10.7. The fourth-order valence-corrected chi connectivity index (χ4v) is 5.71. The van der Waals surface area contributed by atoms with Crippen molar-refractivity contribution in [3.63, 3.8) is 0 Å².